The molecule has 0 spiro atoms. The number of carbonyl (C=O) groups is 1. The standard InChI is InChI=1S/C17H30N2O3/c1-3-4-5-6-7-8-9-10-11-16-18-12-13-19(16,15(2)20)14-17(21)22/h12-13,15,20H,3-11,14H2,1-2H3/p+1. The van der Waals surface area contributed by atoms with Crippen molar-refractivity contribution in [2.24, 2.45) is 4.99 Å². The van der Waals surface area contributed by atoms with Crippen LogP contribution in [0.15, 0.2) is 17.4 Å². The summed E-state index contributed by atoms with van der Waals surface area (Å²) in [5, 5.41) is 19.1. The van der Waals surface area contributed by atoms with Gasteiger partial charge < -0.3 is 10.2 Å². The van der Waals surface area contributed by atoms with Crippen LogP contribution in [0.25, 0.3) is 0 Å². The molecular weight excluding hydrogens is 280 g/mol. The second kappa shape index (κ2) is 9.74. The quantitative estimate of drug-likeness (QED) is 0.427. The Balaban J connectivity index is 2.34. The summed E-state index contributed by atoms with van der Waals surface area (Å²) in [6.45, 7) is 3.70. The van der Waals surface area contributed by atoms with Crippen molar-refractivity contribution in [1.29, 1.82) is 0 Å². The highest BCUT2D eigenvalue weighted by Crippen LogP contribution is 2.24. The van der Waals surface area contributed by atoms with Crippen molar-refractivity contribution in [1.82, 2.24) is 0 Å². The summed E-state index contributed by atoms with van der Waals surface area (Å²) in [5.74, 6) is -0.153. The minimum Gasteiger partial charge on any atom is -0.477 e. The number of amidine groups is 1. The van der Waals surface area contributed by atoms with E-state index in [4.69, 9.17) is 5.11 Å². The van der Waals surface area contributed by atoms with Gasteiger partial charge in [-0.2, -0.15) is 0 Å². The Labute approximate surface area is 133 Å². The van der Waals surface area contributed by atoms with E-state index >= 15 is 0 Å². The lowest BCUT2D eigenvalue weighted by molar-refractivity contribution is -0.832. The molecule has 5 heteroatoms. The minimum absolute atomic E-state index is 0.0498. The maximum absolute atomic E-state index is 11.1. The number of aliphatic hydroxyl groups is 1. The van der Waals surface area contributed by atoms with Crippen molar-refractivity contribution in [3.8, 4) is 0 Å². The number of hydrogen-bond donors (Lipinski definition) is 2. The molecule has 1 aliphatic heterocycles. The molecule has 2 atom stereocenters. The fraction of sp³-hybridized carbons (Fsp3) is 0.765. The Morgan fingerprint density at radius 3 is 2.32 bits per heavy atom. The Hall–Kier alpha value is -1.20. The monoisotopic (exact) mass is 311 g/mol. The molecule has 0 saturated carbocycles. The third-order valence-electron chi connectivity index (χ3n) is 4.35. The number of aliphatic carboxylic acids is 1. The van der Waals surface area contributed by atoms with Gasteiger partial charge in [-0.05, 0) is 6.42 Å². The Morgan fingerprint density at radius 2 is 1.77 bits per heavy atom. The lowest BCUT2D eigenvalue weighted by Crippen LogP contribution is -2.55. The number of hydrogen-bond acceptors (Lipinski definition) is 3. The maximum Gasteiger partial charge on any atom is 0.360 e. The van der Waals surface area contributed by atoms with Crippen LogP contribution in [0.5, 0.6) is 0 Å². The van der Waals surface area contributed by atoms with Crippen molar-refractivity contribution < 1.29 is 19.5 Å². The second-order valence-electron chi connectivity index (χ2n) is 6.18. The molecular formula is C17H31N2O3+. The van der Waals surface area contributed by atoms with E-state index in [1.54, 1.807) is 19.3 Å². The van der Waals surface area contributed by atoms with Gasteiger partial charge in [0.25, 0.3) is 0 Å². The van der Waals surface area contributed by atoms with E-state index in [9.17, 15) is 9.90 Å². The highest BCUT2D eigenvalue weighted by Gasteiger charge is 2.41. The van der Waals surface area contributed by atoms with Crippen molar-refractivity contribution in [2.45, 2.75) is 77.9 Å². The van der Waals surface area contributed by atoms with Gasteiger partial charge in [0.15, 0.2) is 12.8 Å². The molecule has 1 rings (SSSR count). The summed E-state index contributed by atoms with van der Waals surface area (Å²) < 4.78 is -0.0498. The lowest BCUT2D eigenvalue weighted by Gasteiger charge is -2.33. The van der Waals surface area contributed by atoms with Gasteiger partial charge in [-0.3, -0.25) is 0 Å². The maximum atomic E-state index is 11.1. The number of aliphatic imine (C=N–C) groups is 1. The fourth-order valence-electron chi connectivity index (χ4n) is 2.96. The summed E-state index contributed by atoms with van der Waals surface area (Å²) in [4.78, 5) is 15.4. The zero-order valence-corrected chi connectivity index (χ0v) is 14.0. The molecule has 0 saturated heterocycles. The van der Waals surface area contributed by atoms with E-state index < -0.39 is 12.2 Å². The highest BCUT2D eigenvalue weighted by molar-refractivity contribution is 5.81. The summed E-state index contributed by atoms with van der Waals surface area (Å²) in [7, 11) is 0. The molecule has 0 fully saturated rings. The van der Waals surface area contributed by atoms with Gasteiger partial charge in [-0.25, -0.2) is 14.3 Å². The smallest absolute Gasteiger partial charge is 0.360 e. The molecule has 126 valence electrons. The fourth-order valence-corrected chi connectivity index (χ4v) is 2.96. The Bertz CT molecular complexity index is 405. The van der Waals surface area contributed by atoms with Crippen LogP contribution < -0.4 is 0 Å². The summed E-state index contributed by atoms with van der Waals surface area (Å²) in [6, 6.07) is 0. The predicted molar refractivity (Wildman–Crippen MR) is 88.2 cm³/mol. The first-order chi connectivity index (χ1) is 10.5. The number of aliphatic hydroxyl groups excluding tert-OH is 1. The SMILES string of the molecule is CCCCCCCCCCC1=NC=C[N+]1(CC(=O)O)C(C)O. The first kappa shape index (κ1) is 18.8. The topological polar surface area (TPSA) is 69.9 Å². The molecule has 0 aliphatic carbocycles. The number of nitrogens with zero attached hydrogens (tertiary/aromatic N) is 2. The zero-order valence-electron chi connectivity index (χ0n) is 14.0. The molecule has 22 heavy (non-hydrogen) atoms. The van der Waals surface area contributed by atoms with Gasteiger partial charge in [0, 0.05) is 13.3 Å². The van der Waals surface area contributed by atoms with Gasteiger partial charge in [0.05, 0.1) is 6.20 Å². The van der Waals surface area contributed by atoms with E-state index in [1.165, 1.54) is 38.5 Å². The van der Waals surface area contributed by atoms with Gasteiger partial charge in [-0.15, -0.1) is 0 Å². The average molecular weight is 311 g/mol. The van der Waals surface area contributed by atoms with E-state index in [0.29, 0.717) is 0 Å². The molecule has 0 aromatic carbocycles. The molecule has 0 bridgehead atoms. The molecule has 1 aliphatic rings. The van der Waals surface area contributed by atoms with Crippen LogP contribution in [-0.2, 0) is 4.79 Å². The van der Waals surface area contributed by atoms with Gasteiger partial charge >= 0.3 is 5.97 Å². The van der Waals surface area contributed by atoms with Crippen LogP contribution in [0.3, 0.4) is 0 Å². The highest BCUT2D eigenvalue weighted by atomic mass is 16.4. The molecule has 0 aromatic heterocycles. The Morgan fingerprint density at radius 1 is 1.18 bits per heavy atom. The molecule has 2 N–H and O–H groups in total. The largest absolute Gasteiger partial charge is 0.477 e. The first-order valence-electron chi connectivity index (χ1n) is 8.55. The van der Waals surface area contributed by atoms with E-state index in [2.05, 4.69) is 11.9 Å². The predicted octanol–water partition coefficient (Wildman–Crippen LogP) is 3.64. The number of carboxylic acid groups (broad SMARTS) is 1. The molecule has 0 aromatic rings. The molecule has 1 heterocycles. The van der Waals surface area contributed by atoms with Gasteiger partial charge in [0.1, 0.15) is 6.20 Å². The van der Waals surface area contributed by atoms with E-state index in [-0.39, 0.29) is 11.0 Å². The van der Waals surface area contributed by atoms with Crippen LogP contribution in [0.1, 0.15) is 71.6 Å². The summed E-state index contributed by atoms with van der Waals surface area (Å²) >= 11 is 0. The number of carboxylic acids is 1. The van der Waals surface area contributed by atoms with Crippen molar-refractivity contribution in [3.63, 3.8) is 0 Å². The van der Waals surface area contributed by atoms with Crippen molar-refractivity contribution in [2.75, 3.05) is 6.54 Å². The number of quaternary nitrogens is 1. The van der Waals surface area contributed by atoms with E-state index in [1.807, 2.05) is 0 Å². The van der Waals surface area contributed by atoms with Crippen LogP contribution in [0.2, 0.25) is 0 Å². The molecule has 2 unspecified atom stereocenters. The molecule has 0 amide bonds. The zero-order chi connectivity index (χ0) is 16.4. The first-order valence-corrected chi connectivity index (χ1v) is 8.55. The van der Waals surface area contributed by atoms with Crippen molar-refractivity contribution >= 4 is 11.8 Å². The second-order valence-corrected chi connectivity index (χ2v) is 6.18. The normalized spacial score (nSPS) is 21.9. The van der Waals surface area contributed by atoms with Crippen LogP contribution >= 0.6 is 0 Å². The number of rotatable bonds is 12. The van der Waals surface area contributed by atoms with Crippen molar-refractivity contribution in [3.05, 3.63) is 12.4 Å². The molecule has 5 nitrogen and oxygen atoms in total. The summed E-state index contributed by atoms with van der Waals surface area (Å²) in [6.07, 6.45) is 13.1. The van der Waals surface area contributed by atoms with Crippen LogP contribution in [0, 0.1) is 0 Å². The number of unbranched alkanes of at least 4 members (excludes halogenated alkanes) is 7. The minimum atomic E-state index is -0.920. The lowest BCUT2D eigenvalue weighted by atomic mass is 10.1. The Kier molecular flexibility index (Phi) is 8.35. The summed E-state index contributed by atoms with van der Waals surface area (Å²) in [5.41, 5.74) is 0. The molecule has 0 radical (unpaired) electrons. The van der Waals surface area contributed by atoms with Crippen LogP contribution in [-0.4, -0.2) is 39.3 Å². The van der Waals surface area contributed by atoms with E-state index in [0.717, 1.165) is 25.1 Å². The van der Waals surface area contributed by atoms with Gasteiger partial charge in [0.2, 0.25) is 5.84 Å². The van der Waals surface area contributed by atoms with Crippen LogP contribution in [0.4, 0.5) is 0 Å². The average Bonchev–Trinajstić information content (AvgIpc) is 2.85. The third-order valence-corrected chi connectivity index (χ3v) is 4.35. The third kappa shape index (κ3) is 5.54. The van der Waals surface area contributed by atoms with Gasteiger partial charge in [-0.1, -0.05) is 51.9 Å².